The minimum atomic E-state index is -0.728. The SMILES string of the molecule is CC1(C)OCCn2c1nc(-c1ncc(Cc3ccc(F)cc3)s1)c(O)c2=O. The number of benzene rings is 1. The molecule has 0 saturated heterocycles. The van der Waals surface area contributed by atoms with Crippen LogP contribution in [0.1, 0.15) is 30.1 Å². The van der Waals surface area contributed by atoms with E-state index in [0.29, 0.717) is 30.4 Å². The Morgan fingerprint density at radius 1 is 1.33 bits per heavy atom. The van der Waals surface area contributed by atoms with Crippen LogP contribution in [0, 0.1) is 5.82 Å². The van der Waals surface area contributed by atoms with Crippen molar-refractivity contribution in [3.8, 4) is 16.5 Å². The molecule has 3 heterocycles. The molecule has 0 aliphatic carbocycles. The van der Waals surface area contributed by atoms with Gasteiger partial charge < -0.3 is 9.84 Å². The molecule has 1 aliphatic rings. The van der Waals surface area contributed by atoms with Crippen LogP contribution in [0.4, 0.5) is 4.39 Å². The van der Waals surface area contributed by atoms with Crippen LogP contribution in [0.3, 0.4) is 0 Å². The first-order valence-electron chi connectivity index (χ1n) is 8.53. The standard InChI is InChI=1S/C19H18FN3O3S/c1-19(2)18-22-14(15(24)17(25)23(18)7-8-26-19)16-21-10-13(27-16)9-11-3-5-12(20)6-4-11/h3-6,10,24H,7-9H2,1-2H3. The number of thiazole rings is 1. The van der Waals surface area contributed by atoms with Crippen LogP contribution in [0.25, 0.3) is 10.7 Å². The molecule has 27 heavy (non-hydrogen) atoms. The molecule has 8 heteroatoms. The molecule has 6 nitrogen and oxygen atoms in total. The second-order valence-electron chi connectivity index (χ2n) is 6.88. The molecule has 0 bridgehead atoms. The molecule has 1 N–H and O–H groups in total. The summed E-state index contributed by atoms with van der Waals surface area (Å²) in [5.41, 5.74) is -0.0979. The molecule has 1 aliphatic heterocycles. The fourth-order valence-corrected chi connectivity index (χ4v) is 4.06. The third-order valence-corrected chi connectivity index (χ3v) is 5.51. The highest BCUT2D eigenvalue weighted by Crippen LogP contribution is 2.33. The van der Waals surface area contributed by atoms with Crippen molar-refractivity contribution >= 4 is 11.3 Å². The van der Waals surface area contributed by atoms with Gasteiger partial charge in [0.1, 0.15) is 27.9 Å². The maximum absolute atomic E-state index is 13.0. The van der Waals surface area contributed by atoms with Gasteiger partial charge in [-0.25, -0.2) is 14.4 Å². The molecule has 0 spiro atoms. The summed E-state index contributed by atoms with van der Waals surface area (Å²) in [4.78, 5) is 22.4. The number of halogens is 1. The maximum atomic E-state index is 13.0. The summed E-state index contributed by atoms with van der Waals surface area (Å²) >= 11 is 1.34. The largest absolute Gasteiger partial charge is 0.501 e. The van der Waals surface area contributed by atoms with Gasteiger partial charge in [0.15, 0.2) is 0 Å². The predicted molar refractivity (Wildman–Crippen MR) is 99.5 cm³/mol. The number of aromatic nitrogens is 3. The highest BCUT2D eigenvalue weighted by molar-refractivity contribution is 7.15. The molecule has 140 valence electrons. The number of ether oxygens (including phenoxy) is 1. The van der Waals surface area contributed by atoms with Crippen molar-refractivity contribution in [1.82, 2.24) is 14.5 Å². The van der Waals surface area contributed by atoms with Gasteiger partial charge in [-0.15, -0.1) is 11.3 Å². The summed E-state index contributed by atoms with van der Waals surface area (Å²) < 4.78 is 20.2. The van der Waals surface area contributed by atoms with Crippen LogP contribution in [0.15, 0.2) is 35.3 Å². The number of hydrogen-bond donors (Lipinski definition) is 1. The molecule has 3 aromatic rings. The Morgan fingerprint density at radius 2 is 2.07 bits per heavy atom. The van der Waals surface area contributed by atoms with E-state index in [9.17, 15) is 14.3 Å². The summed E-state index contributed by atoms with van der Waals surface area (Å²) in [6.07, 6.45) is 2.26. The molecule has 0 saturated carbocycles. The first kappa shape index (κ1) is 17.8. The van der Waals surface area contributed by atoms with Crippen molar-refractivity contribution in [2.24, 2.45) is 0 Å². The van der Waals surface area contributed by atoms with Crippen LogP contribution in [-0.2, 0) is 23.3 Å². The van der Waals surface area contributed by atoms with E-state index in [4.69, 9.17) is 4.74 Å². The van der Waals surface area contributed by atoms with Crippen molar-refractivity contribution in [3.05, 3.63) is 62.9 Å². The molecule has 0 atom stereocenters. The summed E-state index contributed by atoms with van der Waals surface area (Å²) in [5.74, 6) is -0.210. The first-order chi connectivity index (χ1) is 12.8. The fraction of sp³-hybridized carbons (Fsp3) is 0.316. The number of nitrogens with zero attached hydrogens (tertiary/aromatic N) is 3. The van der Waals surface area contributed by atoms with Crippen molar-refractivity contribution in [2.45, 2.75) is 32.4 Å². The topological polar surface area (TPSA) is 77.2 Å². The van der Waals surface area contributed by atoms with Crippen molar-refractivity contribution in [3.63, 3.8) is 0 Å². The zero-order valence-corrected chi connectivity index (χ0v) is 15.7. The third-order valence-electron chi connectivity index (χ3n) is 4.51. The molecule has 1 aromatic carbocycles. The highest BCUT2D eigenvalue weighted by Gasteiger charge is 2.33. The lowest BCUT2D eigenvalue weighted by Crippen LogP contribution is -2.41. The summed E-state index contributed by atoms with van der Waals surface area (Å²) in [6, 6.07) is 6.26. The molecule has 0 fully saturated rings. The van der Waals surface area contributed by atoms with Crippen LogP contribution in [-0.4, -0.2) is 26.2 Å². The zero-order chi connectivity index (χ0) is 19.2. The van der Waals surface area contributed by atoms with Crippen LogP contribution in [0.5, 0.6) is 5.75 Å². The Balaban J connectivity index is 1.72. The van der Waals surface area contributed by atoms with Gasteiger partial charge in [-0.05, 0) is 31.5 Å². The predicted octanol–water partition coefficient (Wildman–Crippen LogP) is 3.07. The van der Waals surface area contributed by atoms with Crippen LogP contribution < -0.4 is 5.56 Å². The Bertz CT molecular complexity index is 1060. The maximum Gasteiger partial charge on any atom is 0.296 e. The smallest absolute Gasteiger partial charge is 0.296 e. The second-order valence-corrected chi connectivity index (χ2v) is 8.00. The Morgan fingerprint density at radius 3 is 2.81 bits per heavy atom. The van der Waals surface area contributed by atoms with E-state index >= 15 is 0 Å². The average Bonchev–Trinajstić information content (AvgIpc) is 3.08. The fourth-order valence-electron chi connectivity index (χ4n) is 3.12. The van der Waals surface area contributed by atoms with E-state index in [2.05, 4.69) is 9.97 Å². The van der Waals surface area contributed by atoms with Crippen molar-refractivity contribution < 1.29 is 14.2 Å². The Labute approximate surface area is 158 Å². The Hall–Kier alpha value is -2.58. The number of rotatable bonds is 3. The lowest BCUT2D eigenvalue weighted by atomic mass is 10.1. The van der Waals surface area contributed by atoms with Gasteiger partial charge in [0.2, 0.25) is 5.75 Å². The lowest BCUT2D eigenvalue weighted by molar-refractivity contribution is -0.0564. The minimum absolute atomic E-state index is 0.167. The van der Waals surface area contributed by atoms with Gasteiger partial charge in [0.05, 0.1) is 13.2 Å². The van der Waals surface area contributed by atoms with Gasteiger partial charge in [-0.1, -0.05) is 12.1 Å². The van der Waals surface area contributed by atoms with E-state index in [1.54, 1.807) is 18.3 Å². The summed E-state index contributed by atoms with van der Waals surface area (Å²) in [6.45, 7) is 4.42. The molecule has 4 rings (SSSR count). The number of hydrogen-bond acceptors (Lipinski definition) is 6. The van der Waals surface area contributed by atoms with E-state index < -0.39 is 16.9 Å². The van der Waals surface area contributed by atoms with E-state index in [1.165, 1.54) is 28.0 Å². The molecule has 2 aromatic heterocycles. The van der Waals surface area contributed by atoms with Gasteiger partial charge in [0.25, 0.3) is 5.56 Å². The first-order valence-corrected chi connectivity index (χ1v) is 9.34. The normalized spacial score (nSPS) is 15.5. The quantitative estimate of drug-likeness (QED) is 0.747. The number of aromatic hydroxyl groups is 1. The molecular weight excluding hydrogens is 369 g/mol. The third kappa shape index (κ3) is 3.26. The van der Waals surface area contributed by atoms with Gasteiger partial charge in [-0.2, -0.15) is 0 Å². The van der Waals surface area contributed by atoms with Crippen LogP contribution in [0.2, 0.25) is 0 Å². The lowest BCUT2D eigenvalue weighted by Gasteiger charge is -2.32. The van der Waals surface area contributed by atoms with E-state index in [-0.39, 0.29) is 11.5 Å². The monoisotopic (exact) mass is 387 g/mol. The molecule has 0 amide bonds. The van der Waals surface area contributed by atoms with Gasteiger partial charge >= 0.3 is 0 Å². The molecular formula is C19H18FN3O3S. The highest BCUT2D eigenvalue weighted by atomic mass is 32.1. The van der Waals surface area contributed by atoms with Gasteiger partial charge in [-0.3, -0.25) is 9.36 Å². The molecule has 0 unspecified atom stereocenters. The van der Waals surface area contributed by atoms with E-state index in [1.807, 2.05) is 13.8 Å². The summed E-state index contributed by atoms with van der Waals surface area (Å²) in [7, 11) is 0. The number of fused-ring (bicyclic) bond motifs is 1. The minimum Gasteiger partial charge on any atom is -0.501 e. The second kappa shape index (κ2) is 6.54. The Kier molecular flexibility index (Phi) is 4.32. The van der Waals surface area contributed by atoms with Crippen LogP contribution >= 0.6 is 11.3 Å². The zero-order valence-electron chi connectivity index (χ0n) is 14.9. The average molecular weight is 387 g/mol. The van der Waals surface area contributed by atoms with Crippen molar-refractivity contribution in [2.75, 3.05) is 6.61 Å². The van der Waals surface area contributed by atoms with E-state index in [0.717, 1.165) is 10.4 Å². The summed E-state index contributed by atoms with van der Waals surface area (Å²) in [5, 5.41) is 10.9. The van der Waals surface area contributed by atoms with Crippen molar-refractivity contribution in [1.29, 1.82) is 0 Å². The molecule has 0 radical (unpaired) electrons. The van der Waals surface area contributed by atoms with Gasteiger partial charge in [0, 0.05) is 17.5 Å².